The van der Waals surface area contributed by atoms with Gasteiger partial charge in [-0.3, -0.25) is 4.79 Å². The van der Waals surface area contributed by atoms with Crippen molar-refractivity contribution in [1.82, 2.24) is 4.98 Å². The second kappa shape index (κ2) is 10.5. The molecule has 1 amide bonds. The number of anilines is 1. The largest absolute Gasteiger partial charge is 0.485 e. The number of nitrogens with one attached hydrogen (secondary N) is 1. The molecular weight excluding hydrogens is 424 g/mol. The molecule has 0 unspecified atom stereocenters. The van der Waals surface area contributed by atoms with Crippen molar-refractivity contribution in [3.8, 4) is 23.0 Å². The molecule has 162 valence electrons. The number of aryl methyl sites for hydroxylation is 1. The molecule has 4 rings (SSSR count). The van der Waals surface area contributed by atoms with Crippen molar-refractivity contribution in [1.29, 1.82) is 0 Å². The van der Waals surface area contributed by atoms with E-state index in [4.69, 9.17) is 14.2 Å². The minimum atomic E-state index is -0.283. The van der Waals surface area contributed by atoms with Crippen molar-refractivity contribution in [3.05, 3.63) is 94.9 Å². The van der Waals surface area contributed by atoms with Gasteiger partial charge < -0.3 is 19.5 Å². The van der Waals surface area contributed by atoms with Crippen LogP contribution < -0.4 is 19.5 Å². The molecule has 0 atom stereocenters. The Balaban J connectivity index is 1.28. The Bertz CT molecular complexity index is 1140. The predicted octanol–water partition coefficient (Wildman–Crippen LogP) is 5.84. The van der Waals surface area contributed by atoms with Crippen molar-refractivity contribution in [3.63, 3.8) is 0 Å². The maximum absolute atomic E-state index is 12.4. The Kier molecular flexibility index (Phi) is 6.99. The second-order valence-electron chi connectivity index (χ2n) is 6.99. The van der Waals surface area contributed by atoms with Crippen LogP contribution in [0.25, 0.3) is 0 Å². The number of carbonyl (C=O) groups is 1. The van der Waals surface area contributed by atoms with Gasteiger partial charge in [-0.05, 0) is 55.5 Å². The van der Waals surface area contributed by atoms with E-state index in [0.717, 1.165) is 11.4 Å². The van der Waals surface area contributed by atoms with Crippen LogP contribution in [0.15, 0.2) is 83.7 Å². The zero-order valence-corrected chi connectivity index (χ0v) is 18.3. The van der Waals surface area contributed by atoms with Crippen LogP contribution in [0.4, 0.5) is 5.69 Å². The van der Waals surface area contributed by atoms with Crippen molar-refractivity contribution in [2.24, 2.45) is 0 Å². The lowest BCUT2D eigenvalue weighted by atomic mass is 10.2. The minimum Gasteiger partial charge on any atom is -0.485 e. The highest BCUT2D eigenvalue weighted by Crippen LogP contribution is 2.26. The van der Waals surface area contributed by atoms with Gasteiger partial charge in [0.15, 0.2) is 6.61 Å². The minimum absolute atomic E-state index is 0.126. The van der Waals surface area contributed by atoms with Crippen LogP contribution in [0, 0.1) is 6.92 Å². The first-order valence-corrected chi connectivity index (χ1v) is 11.0. The molecule has 0 spiro atoms. The third kappa shape index (κ3) is 6.09. The van der Waals surface area contributed by atoms with Gasteiger partial charge in [0.1, 0.15) is 29.6 Å². The summed E-state index contributed by atoms with van der Waals surface area (Å²) in [5, 5.41) is 4.75. The quantitative estimate of drug-likeness (QED) is 0.350. The number of ether oxygens (including phenoxy) is 3. The molecule has 1 heterocycles. The van der Waals surface area contributed by atoms with Crippen molar-refractivity contribution in [2.75, 3.05) is 11.9 Å². The molecule has 1 aromatic heterocycles. The summed E-state index contributed by atoms with van der Waals surface area (Å²) in [5.41, 5.74) is 4.35. The highest BCUT2D eigenvalue weighted by molar-refractivity contribution is 7.07. The van der Waals surface area contributed by atoms with Crippen LogP contribution in [0.1, 0.15) is 11.3 Å². The van der Waals surface area contributed by atoms with Crippen LogP contribution in [0.3, 0.4) is 0 Å². The highest BCUT2D eigenvalue weighted by atomic mass is 32.1. The van der Waals surface area contributed by atoms with Gasteiger partial charge in [-0.25, -0.2) is 4.98 Å². The van der Waals surface area contributed by atoms with Crippen LogP contribution >= 0.6 is 11.3 Å². The summed E-state index contributed by atoms with van der Waals surface area (Å²) in [6, 6.07) is 22.2. The summed E-state index contributed by atoms with van der Waals surface area (Å²) in [4.78, 5) is 16.6. The molecule has 3 aromatic carbocycles. The molecule has 6 nitrogen and oxygen atoms in total. The number of para-hydroxylation sites is 2. The lowest BCUT2D eigenvalue weighted by Crippen LogP contribution is -2.20. The van der Waals surface area contributed by atoms with E-state index in [1.807, 2.05) is 48.7 Å². The molecule has 0 radical (unpaired) electrons. The number of thiazole rings is 1. The summed E-state index contributed by atoms with van der Waals surface area (Å²) < 4.78 is 17.2. The second-order valence-corrected chi connectivity index (χ2v) is 7.71. The van der Waals surface area contributed by atoms with Crippen molar-refractivity contribution >= 4 is 22.9 Å². The molecule has 4 aromatic rings. The van der Waals surface area contributed by atoms with Gasteiger partial charge in [0, 0.05) is 5.38 Å². The SMILES string of the molecule is Cc1ccc(Oc2ccc(OCC(=O)Nc3ccccc3OCc3cscn3)cc2)cc1. The van der Waals surface area contributed by atoms with Gasteiger partial charge >= 0.3 is 0 Å². The molecule has 0 aliphatic carbocycles. The van der Waals surface area contributed by atoms with E-state index in [1.54, 1.807) is 41.9 Å². The van der Waals surface area contributed by atoms with Gasteiger partial charge in [-0.2, -0.15) is 0 Å². The van der Waals surface area contributed by atoms with Gasteiger partial charge in [0.05, 0.1) is 16.9 Å². The first-order valence-electron chi connectivity index (χ1n) is 10.0. The third-order valence-corrected chi connectivity index (χ3v) is 5.11. The first kappa shape index (κ1) is 21.4. The van der Waals surface area contributed by atoms with Crippen LogP contribution in [-0.2, 0) is 11.4 Å². The first-order chi connectivity index (χ1) is 15.7. The van der Waals surface area contributed by atoms with E-state index in [1.165, 1.54) is 16.9 Å². The van der Waals surface area contributed by atoms with Gasteiger partial charge in [-0.15, -0.1) is 11.3 Å². The number of nitrogens with zero attached hydrogens (tertiary/aromatic N) is 1. The molecule has 1 N–H and O–H groups in total. The summed E-state index contributed by atoms with van der Waals surface area (Å²) >= 11 is 1.51. The Hall–Kier alpha value is -3.84. The molecular formula is C25H22N2O4S. The zero-order valence-electron chi connectivity index (χ0n) is 17.5. The molecule has 0 fully saturated rings. The summed E-state index contributed by atoms with van der Waals surface area (Å²) in [6.45, 7) is 2.24. The van der Waals surface area contributed by atoms with Gasteiger partial charge in [0.25, 0.3) is 5.91 Å². The van der Waals surface area contributed by atoms with Crippen molar-refractivity contribution in [2.45, 2.75) is 13.5 Å². The lowest BCUT2D eigenvalue weighted by Gasteiger charge is -2.12. The molecule has 0 saturated carbocycles. The van der Waals surface area contributed by atoms with Crippen LogP contribution in [0.2, 0.25) is 0 Å². The topological polar surface area (TPSA) is 69.7 Å². The molecule has 32 heavy (non-hydrogen) atoms. The van der Waals surface area contributed by atoms with E-state index >= 15 is 0 Å². The van der Waals surface area contributed by atoms with E-state index in [-0.39, 0.29) is 12.5 Å². The van der Waals surface area contributed by atoms with Crippen LogP contribution in [-0.4, -0.2) is 17.5 Å². The smallest absolute Gasteiger partial charge is 0.262 e. The average molecular weight is 447 g/mol. The van der Waals surface area contributed by atoms with Crippen molar-refractivity contribution < 1.29 is 19.0 Å². The summed E-state index contributed by atoms with van der Waals surface area (Å²) in [7, 11) is 0. The van der Waals surface area contributed by atoms with Gasteiger partial charge in [-0.1, -0.05) is 29.8 Å². The van der Waals surface area contributed by atoms with E-state index in [9.17, 15) is 4.79 Å². The fourth-order valence-corrected chi connectivity index (χ4v) is 3.38. The summed E-state index contributed by atoms with van der Waals surface area (Å²) in [5.74, 6) is 2.32. The standard InChI is InChI=1S/C25H22N2O4S/c1-18-6-8-21(9-7-18)31-22-12-10-20(11-13-22)29-15-25(28)27-23-4-2-3-5-24(23)30-14-19-16-32-17-26-19/h2-13,16-17H,14-15H2,1H3,(H,27,28). The molecule has 7 heteroatoms. The zero-order chi connectivity index (χ0) is 22.2. The number of hydrogen-bond acceptors (Lipinski definition) is 6. The number of amides is 1. The van der Waals surface area contributed by atoms with Crippen LogP contribution in [0.5, 0.6) is 23.0 Å². The Morgan fingerprint density at radius 3 is 2.31 bits per heavy atom. The Labute approximate surface area is 190 Å². The Morgan fingerprint density at radius 2 is 1.59 bits per heavy atom. The monoisotopic (exact) mass is 446 g/mol. The average Bonchev–Trinajstić information content (AvgIpc) is 3.33. The molecule has 0 bridgehead atoms. The predicted molar refractivity (Wildman–Crippen MR) is 125 cm³/mol. The number of aromatic nitrogens is 1. The molecule has 0 saturated heterocycles. The maximum Gasteiger partial charge on any atom is 0.262 e. The highest BCUT2D eigenvalue weighted by Gasteiger charge is 2.09. The molecule has 0 aliphatic rings. The summed E-state index contributed by atoms with van der Waals surface area (Å²) in [6.07, 6.45) is 0. The van der Waals surface area contributed by atoms with E-state index in [2.05, 4.69) is 10.3 Å². The molecule has 0 aliphatic heterocycles. The normalized spacial score (nSPS) is 10.4. The fraction of sp³-hybridized carbons (Fsp3) is 0.120. The number of hydrogen-bond donors (Lipinski definition) is 1. The Morgan fingerprint density at radius 1 is 0.906 bits per heavy atom. The number of rotatable bonds is 9. The number of carbonyl (C=O) groups excluding carboxylic acids is 1. The fourth-order valence-electron chi connectivity index (χ4n) is 2.84. The third-order valence-electron chi connectivity index (χ3n) is 4.47. The number of benzene rings is 3. The lowest BCUT2D eigenvalue weighted by molar-refractivity contribution is -0.118. The van der Waals surface area contributed by atoms with E-state index < -0.39 is 0 Å². The maximum atomic E-state index is 12.4. The van der Waals surface area contributed by atoms with Gasteiger partial charge in [0.2, 0.25) is 0 Å². The van der Waals surface area contributed by atoms with E-state index in [0.29, 0.717) is 29.5 Å².